The summed E-state index contributed by atoms with van der Waals surface area (Å²) in [6.07, 6.45) is 2.30. The van der Waals surface area contributed by atoms with Gasteiger partial charge in [-0.05, 0) is 71.2 Å². The highest BCUT2D eigenvalue weighted by Crippen LogP contribution is 2.35. The molecule has 0 amide bonds. The number of benzene rings is 3. The van der Waals surface area contributed by atoms with Gasteiger partial charge in [0.2, 0.25) is 8.07 Å². The first-order chi connectivity index (χ1) is 22.0. The molecule has 0 N–H and O–H groups in total. The fourth-order valence-electron chi connectivity index (χ4n) is 7.57. The normalized spacial score (nSPS) is 13.8. The number of hydrogen-bond acceptors (Lipinski definition) is 0. The predicted octanol–water partition coefficient (Wildman–Crippen LogP) is 7.13. The minimum absolute atomic E-state index is 0.00395. The fraction of sp³-hybridized carbons (Fsp3) is 0.364. The van der Waals surface area contributed by atoms with Crippen molar-refractivity contribution in [2.75, 3.05) is 0 Å². The van der Waals surface area contributed by atoms with Gasteiger partial charge in [-0.1, -0.05) is 126 Å². The van der Waals surface area contributed by atoms with Crippen LogP contribution < -0.4 is 24.8 Å². The van der Waals surface area contributed by atoms with Gasteiger partial charge >= 0.3 is 0 Å². The van der Waals surface area contributed by atoms with Gasteiger partial charge in [0.1, 0.15) is 14.1 Å². The average Bonchev–Trinajstić information content (AvgIpc) is 3.01. The van der Waals surface area contributed by atoms with Crippen molar-refractivity contribution < 1.29 is 9.13 Å². The Balaban J connectivity index is 1.92. The van der Waals surface area contributed by atoms with E-state index in [1.807, 2.05) is 0 Å². The van der Waals surface area contributed by atoms with Crippen LogP contribution in [0.5, 0.6) is 0 Å². The van der Waals surface area contributed by atoms with Gasteiger partial charge in [0.15, 0.2) is 22.9 Å². The maximum Gasteiger partial charge on any atom is 0.240 e. The first kappa shape index (κ1) is 34.5. The average molecular weight is 641 g/mol. The summed E-state index contributed by atoms with van der Waals surface area (Å²) in [7, 11) is 1.86. The number of aromatic nitrogens is 2. The van der Waals surface area contributed by atoms with E-state index < -0.39 is 8.07 Å². The van der Waals surface area contributed by atoms with Gasteiger partial charge in [-0.3, -0.25) is 0 Å². The van der Waals surface area contributed by atoms with E-state index in [2.05, 4.69) is 202 Å². The molecule has 1 unspecified atom stereocenters. The highest BCUT2D eigenvalue weighted by molar-refractivity contribution is 7.10. The van der Waals surface area contributed by atoms with E-state index in [1.54, 1.807) is 0 Å². The SMILES string of the molecule is Cc1ccccc1C(C)(C)c1cc(C(C)(C)C)cc(C[Si](c2ccccc2)(c2ccccc2C)c2cc(C(C)(C)C)cc[n+]2C)[n+]1C. The Labute approximate surface area is 286 Å². The van der Waals surface area contributed by atoms with Crippen LogP contribution in [0.3, 0.4) is 0 Å². The Bertz CT molecular complexity index is 1890. The number of hydrogen-bond donors (Lipinski definition) is 0. The third-order valence-corrected chi connectivity index (χ3v) is 15.6. The topological polar surface area (TPSA) is 7.76 Å². The zero-order valence-electron chi connectivity index (χ0n) is 31.0. The number of aryl methyl sites for hydroxylation is 3. The second-order valence-electron chi connectivity index (χ2n) is 16.3. The van der Waals surface area contributed by atoms with Gasteiger partial charge < -0.3 is 0 Å². The van der Waals surface area contributed by atoms with E-state index in [0.717, 1.165) is 6.04 Å². The van der Waals surface area contributed by atoms with Crippen LogP contribution in [0.15, 0.2) is 109 Å². The molecule has 0 saturated carbocycles. The van der Waals surface area contributed by atoms with Gasteiger partial charge in [-0.25, -0.2) is 9.13 Å². The van der Waals surface area contributed by atoms with E-state index in [1.165, 1.54) is 54.9 Å². The van der Waals surface area contributed by atoms with E-state index in [9.17, 15) is 0 Å². The molecular weight excluding hydrogens is 585 g/mol. The molecule has 1 atom stereocenters. The largest absolute Gasteiger partial charge is 0.240 e. The summed E-state index contributed by atoms with van der Waals surface area (Å²) in [4.78, 5) is 0. The van der Waals surface area contributed by atoms with Crippen LogP contribution in [0.1, 0.15) is 94.6 Å². The molecule has 0 aliphatic rings. The van der Waals surface area contributed by atoms with E-state index in [-0.39, 0.29) is 16.2 Å². The number of pyridine rings is 2. The van der Waals surface area contributed by atoms with Crippen molar-refractivity contribution in [2.45, 2.75) is 91.5 Å². The smallest absolute Gasteiger partial charge is 0.209 e. The fourth-order valence-corrected chi connectivity index (χ4v) is 12.9. The monoisotopic (exact) mass is 640 g/mol. The van der Waals surface area contributed by atoms with Crippen LogP contribution in [0.2, 0.25) is 0 Å². The zero-order valence-corrected chi connectivity index (χ0v) is 32.0. The van der Waals surface area contributed by atoms with Crippen molar-refractivity contribution in [2.24, 2.45) is 14.1 Å². The number of nitrogens with zero attached hydrogens (tertiary/aromatic N) is 2. The lowest BCUT2D eigenvalue weighted by Crippen LogP contribution is -2.77. The summed E-state index contributed by atoms with van der Waals surface area (Å²) < 4.78 is 4.96. The molecule has 0 bridgehead atoms. The van der Waals surface area contributed by atoms with Crippen molar-refractivity contribution in [3.8, 4) is 0 Å². The summed E-state index contributed by atoms with van der Waals surface area (Å²) in [5, 5.41) is 4.36. The minimum Gasteiger partial charge on any atom is -0.209 e. The highest BCUT2D eigenvalue weighted by atomic mass is 28.3. The quantitative estimate of drug-likeness (QED) is 0.132. The summed E-state index contributed by atoms with van der Waals surface area (Å²) in [5.41, 5.74) is 9.41. The molecule has 0 aliphatic heterocycles. The Morgan fingerprint density at radius 2 is 1.17 bits per heavy atom. The van der Waals surface area contributed by atoms with Gasteiger partial charge in [0.05, 0.1) is 5.41 Å². The third kappa shape index (κ3) is 6.52. The van der Waals surface area contributed by atoms with Crippen LogP contribution in [-0.2, 0) is 36.4 Å². The van der Waals surface area contributed by atoms with Gasteiger partial charge in [-0.15, -0.1) is 0 Å². The van der Waals surface area contributed by atoms with Crippen molar-refractivity contribution in [3.05, 3.63) is 149 Å². The molecule has 3 heteroatoms. The van der Waals surface area contributed by atoms with Crippen LogP contribution in [0, 0.1) is 13.8 Å². The Hall–Kier alpha value is -3.82. The van der Waals surface area contributed by atoms with Crippen molar-refractivity contribution in [3.63, 3.8) is 0 Å². The van der Waals surface area contributed by atoms with Crippen LogP contribution in [-0.4, -0.2) is 8.07 Å². The van der Waals surface area contributed by atoms with E-state index in [0.29, 0.717) is 0 Å². The molecule has 3 aromatic carbocycles. The van der Waals surface area contributed by atoms with Gasteiger partial charge in [-0.2, -0.15) is 0 Å². The molecule has 2 aromatic heterocycles. The molecule has 2 nitrogen and oxygen atoms in total. The molecule has 47 heavy (non-hydrogen) atoms. The molecule has 5 rings (SSSR count). The molecular formula is C44H56N2Si+2. The molecule has 0 fully saturated rings. The third-order valence-electron chi connectivity index (χ3n) is 10.5. The van der Waals surface area contributed by atoms with E-state index in [4.69, 9.17) is 0 Å². The lowest BCUT2D eigenvalue weighted by Gasteiger charge is -2.33. The highest BCUT2D eigenvalue weighted by Gasteiger charge is 2.50. The maximum atomic E-state index is 2.54. The summed E-state index contributed by atoms with van der Waals surface area (Å²) >= 11 is 0. The molecule has 2 heterocycles. The minimum atomic E-state index is -2.71. The second-order valence-corrected chi connectivity index (χ2v) is 20.1. The molecule has 5 aromatic rings. The lowest BCUT2D eigenvalue weighted by atomic mass is 9.76. The summed E-state index contributed by atoms with van der Waals surface area (Å²) in [6, 6.07) is 40.3. The Kier molecular flexibility index (Phi) is 9.29. The standard InChI is InChI=1S/C44H56N2Si/c1-32-20-16-18-24-38(32)44(9,10)40-29-35(43(6,7)8)28-36(46(40)12)31-47(37-22-14-13-15-23-37,39-25-19-17-21-33(39)2)41-30-34(42(3,4)5)26-27-45(41)11/h13-30H,31H2,1-12H3/q+2. The summed E-state index contributed by atoms with van der Waals surface area (Å²) in [5.74, 6) is 0. The first-order valence-corrected chi connectivity index (χ1v) is 19.4. The lowest BCUT2D eigenvalue weighted by molar-refractivity contribution is -0.688. The van der Waals surface area contributed by atoms with Crippen LogP contribution in [0.25, 0.3) is 0 Å². The molecule has 0 spiro atoms. The Morgan fingerprint density at radius 1 is 0.596 bits per heavy atom. The first-order valence-electron chi connectivity index (χ1n) is 17.2. The van der Waals surface area contributed by atoms with Crippen molar-refractivity contribution in [1.82, 2.24) is 0 Å². The van der Waals surface area contributed by atoms with Crippen molar-refractivity contribution >= 4 is 23.8 Å². The second kappa shape index (κ2) is 12.7. The van der Waals surface area contributed by atoms with Gasteiger partial charge in [0.25, 0.3) is 0 Å². The molecule has 244 valence electrons. The van der Waals surface area contributed by atoms with E-state index >= 15 is 0 Å². The Morgan fingerprint density at radius 3 is 1.77 bits per heavy atom. The molecule has 0 radical (unpaired) electrons. The molecule has 0 aliphatic carbocycles. The predicted molar refractivity (Wildman–Crippen MR) is 202 cm³/mol. The van der Waals surface area contributed by atoms with Crippen LogP contribution in [0.4, 0.5) is 0 Å². The number of rotatable bonds is 7. The van der Waals surface area contributed by atoms with Gasteiger partial charge in [0, 0.05) is 30.3 Å². The van der Waals surface area contributed by atoms with Crippen LogP contribution >= 0.6 is 0 Å². The summed E-state index contributed by atoms with van der Waals surface area (Å²) in [6.45, 7) is 23.4. The van der Waals surface area contributed by atoms with Crippen molar-refractivity contribution in [1.29, 1.82) is 0 Å². The maximum absolute atomic E-state index is 2.71. The zero-order chi connectivity index (χ0) is 34.4. The molecule has 0 saturated heterocycles.